The van der Waals surface area contributed by atoms with Crippen molar-refractivity contribution in [2.45, 2.75) is 38.7 Å². The molecule has 1 aliphatic rings. The topological polar surface area (TPSA) is 26.3 Å². The maximum absolute atomic E-state index is 13.5. The first-order chi connectivity index (χ1) is 9.52. The number of hydrogen-bond donors (Lipinski definition) is 0. The van der Waals surface area contributed by atoms with E-state index in [1.807, 2.05) is 6.92 Å². The fraction of sp³-hybridized carbons (Fsp3) is 0.533. The molecule has 2 rings (SSSR count). The Hall–Kier alpha value is -1.36. The quantitative estimate of drug-likeness (QED) is 0.591. The van der Waals surface area contributed by atoms with Crippen LogP contribution in [0.3, 0.4) is 0 Å². The van der Waals surface area contributed by atoms with Gasteiger partial charge in [-0.15, -0.1) is 0 Å². The van der Waals surface area contributed by atoms with E-state index in [2.05, 4.69) is 0 Å². The largest absolute Gasteiger partial charge is 0.370 e. The van der Waals surface area contributed by atoms with Crippen molar-refractivity contribution in [1.82, 2.24) is 0 Å². The van der Waals surface area contributed by atoms with E-state index < -0.39 is 23.6 Å². The first-order valence-corrected chi connectivity index (χ1v) is 6.80. The molecule has 1 aromatic carbocycles. The Bertz CT molecular complexity index is 502. The van der Waals surface area contributed by atoms with Crippen LogP contribution < -0.4 is 0 Å². The molecule has 0 bridgehead atoms. The smallest absolute Gasteiger partial charge is 0.162 e. The van der Waals surface area contributed by atoms with Gasteiger partial charge in [-0.3, -0.25) is 4.79 Å². The fourth-order valence-electron chi connectivity index (χ4n) is 2.35. The highest BCUT2D eigenvalue weighted by molar-refractivity contribution is 5.89. The Kier molecular flexibility index (Phi) is 4.81. The number of benzene rings is 1. The Morgan fingerprint density at radius 2 is 1.90 bits per heavy atom. The summed E-state index contributed by atoms with van der Waals surface area (Å²) in [5.41, 5.74) is 0.0884. The van der Waals surface area contributed by atoms with Crippen LogP contribution in [0.4, 0.5) is 13.2 Å². The summed E-state index contributed by atoms with van der Waals surface area (Å²) in [7, 11) is 0. The third-order valence-electron chi connectivity index (χ3n) is 3.58. The van der Waals surface area contributed by atoms with Crippen LogP contribution in [0.1, 0.15) is 31.7 Å². The molecule has 5 heteroatoms. The summed E-state index contributed by atoms with van der Waals surface area (Å²) in [6.45, 7) is 2.50. The molecule has 0 heterocycles. The molecule has 0 N–H and O–H groups in total. The zero-order valence-corrected chi connectivity index (χ0v) is 11.3. The van der Waals surface area contributed by atoms with Gasteiger partial charge in [0, 0.05) is 25.0 Å². The van der Waals surface area contributed by atoms with Gasteiger partial charge < -0.3 is 4.74 Å². The van der Waals surface area contributed by atoms with E-state index in [-0.39, 0.29) is 23.7 Å². The van der Waals surface area contributed by atoms with Crippen LogP contribution in [0, 0.1) is 23.4 Å². The number of ether oxygens (including phenoxy) is 1. The van der Waals surface area contributed by atoms with Gasteiger partial charge in [0.05, 0.1) is 0 Å². The number of unbranched alkanes of at least 4 members (excludes halogenated alkanes) is 1. The van der Waals surface area contributed by atoms with Gasteiger partial charge in [0.2, 0.25) is 0 Å². The predicted octanol–water partition coefficient (Wildman–Crippen LogP) is 3.42. The van der Waals surface area contributed by atoms with Crippen molar-refractivity contribution in [2.24, 2.45) is 5.92 Å². The Balaban J connectivity index is 1.99. The number of halogens is 3. The molecule has 2 atom stereocenters. The number of rotatable bonds is 6. The maximum atomic E-state index is 13.5. The SMILES string of the molecule is CCCCOC1C(=O)C[C@H]1Cc1cc(F)c(F)cc1F. The molecule has 0 aromatic heterocycles. The summed E-state index contributed by atoms with van der Waals surface area (Å²) in [6.07, 6.45) is 1.77. The lowest BCUT2D eigenvalue weighted by Crippen LogP contribution is -2.45. The van der Waals surface area contributed by atoms with Gasteiger partial charge in [0.1, 0.15) is 11.9 Å². The predicted molar refractivity (Wildman–Crippen MR) is 67.8 cm³/mol. The highest BCUT2D eigenvalue weighted by atomic mass is 19.2. The summed E-state index contributed by atoms with van der Waals surface area (Å²) in [5, 5.41) is 0. The first kappa shape index (κ1) is 15.0. The van der Waals surface area contributed by atoms with Crippen molar-refractivity contribution in [2.75, 3.05) is 6.61 Å². The lowest BCUT2D eigenvalue weighted by atomic mass is 9.76. The highest BCUT2D eigenvalue weighted by Crippen LogP contribution is 2.31. The minimum Gasteiger partial charge on any atom is -0.370 e. The molecule has 0 aliphatic heterocycles. The molecule has 0 spiro atoms. The van der Waals surface area contributed by atoms with Crippen molar-refractivity contribution in [3.05, 3.63) is 35.1 Å². The van der Waals surface area contributed by atoms with Crippen molar-refractivity contribution >= 4 is 5.78 Å². The van der Waals surface area contributed by atoms with Crippen LogP contribution in [0.5, 0.6) is 0 Å². The summed E-state index contributed by atoms with van der Waals surface area (Å²) in [6, 6.07) is 1.40. The minimum atomic E-state index is -1.20. The number of ketones is 1. The standard InChI is InChI=1S/C15H17F3O2/c1-2-3-4-20-15-10(7-14(15)19)5-9-6-12(17)13(18)8-11(9)16/h6,8,10,15H,2-5,7H2,1H3/t10-,15?/m1/s1. The number of Topliss-reactive ketones (excluding diaryl/α,β-unsaturated/α-hetero) is 1. The average Bonchev–Trinajstić information content (AvgIpc) is 2.40. The Labute approximate surface area is 115 Å². The van der Waals surface area contributed by atoms with E-state index in [0.29, 0.717) is 19.1 Å². The first-order valence-electron chi connectivity index (χ1n) is 6.80. The third kappa shape index (κ3) is 3.20. The summed E-state index contributed by atoms with van der Waals surface area (Å²) in [5.74, 6) is -3.22. The van der Waals surface area contributed by atoms with Gasteiger partial charge >= 0.3 is 0 Å². The van der Waals surface area contributed by atoms with Crippen molar-refractivity contribution in [1.29, 1.82) is 0 Å². The lowest BCUT2D eigenvalue weighted by molar-refractivity contribution is -0.148. The molecular formula is C15H17F3O2. The number of carbonyl (C=O) groups is 1. The van der Waals surface area contributed by atoms with Crippen LogP contribution >= 0.6 is 0 Å². The lowest BCUT2D eigenvalue weighted by Gasteiger charge is -2.35. The molecule has 1 aliphatic carbocycles. The second-order valence-electron chi connectivity index (χ2n) is 5.14. The van der Waals surface area contributed by atoms with Crippen LogP contribution in [-0.4, -0.2) is 18.5 Å². The third-order valence-corrected chi connectivity index (χ3v) is 3.58. The van der Waals surface area contributed by atoms with Gasteiger partial charge in [0.15, 0.2) is 17.4 Å². The zero-order chi connectivity index (χ0) is 14.7. The van der Waals surface area contributed by atoms with E-state index in [0.717, 1.165) is 18.9 Å². The molecule has 0 amide bonds. The van der Waals surface area contributed by atoms with E-state index in [9.17, 15) is 18.0 Å². The van der Waals surface area contributed by atoms with Crippen molar-refractivity contribution in [3.8, 4) is 0 Å². The molecule has 1 fully saturated rings. The van der Waals surface area contributed by atoms with Gasteiger partial charge in [-0.05, 0) is 24.5 Å². The monoisotopic (exact) mass is 286 g/mol. The second kappa shape index (κ2) is 6.39. The number of carbonyl (C=O) groups excluding carboxylic acids is 1. The maximum Gasteiger partial charge on any atom is 0.162 e. The molecular weight excluding hydrogens is 269 g/mol. The normalized spacial score (nSPS) is 21.9. The van der Waals surface area contributed by atoms with E-state index in [1.54, 1.807) is 0 Å². The summed E-state index contributed by atoms with van der Waals surface area (Å²) >= 11 is 0. The van der Waals surface area contributed by atoms with Gasteiger partial charge in [-0.1, -0.05) is 13.3 Å². The van der Waals surface area contributed by atoms with E-state index >= 15 is 0 Å². The number of hydrogen-bond acceptors (Lipinski definition) is 2. The van der Waals surface area contributed by atoms with E-state index in [1.165, 1.54) is 0 Å². The Morgan fingerprint density at radius 1 is 1.20 bits per heavy atom. The van der Waals surface area contributed by atoms with Crippen LogP contribution in [-0.2, 0) is 16.0 Å². The summed E-state index contributed by atoms with van der Waals surface area (Å²) in [4.78, 5) is 11.5. The molecule has 110 valence electrons. The van der Waals surface area contributed by atoms with Crippen LogP contribution in [0.25, 0.3) is 0 Å². The molecule has 20 heavy (non-hydrogen) atoms. The van der Waals surface area contributed by atoms with Crippen molar-refractivity contribution in [3.63, 3.8) is 0 Å². The molecule has 2 nitrogen and oxygen atoms in total. The van der Waals surface area contributed by atoms with Crippen molar-refractivity contribution < 1.29 is 22.7 Å². The molecule has 1 aromatic rings. The van der Waals surface area contributed by atoms with Crippen LogP contribution in [0.2, 0.25) is 0 Å². The zero-order valence-electron chi connectivity index (χ0n) is 11.3. The van der Waals surface area contributed by atoms with Gasteiger partial charge in [-0.25, -0.2) is 13.2 Å². The highest BCUT2D eigenvalue weighted by Gasteiger charge is 2.40. The Morgan fingerprint density at radius 3 is 2.55 bits per heavy atom. The molecule has 0 radical (unpaired) electrons. The van der Waals surface area contributed by atoms with E-state index in [4.69, 9.17) is 4.74 Å². The van der Waals surface area contributed by atoms with Gasteiger partial charge in [0.25, 0.3) is 0 Å². The molecule has 1 unspecified atom stereocenters. The van der Waals surface area contributed by atoms with Gasteiger partial charge in [-0.2, -0.15) is 0 Å². The molecule has 0 saturated heterocycles. The van der Waals surface area contributed by atoms with Crippen LogP contribution in [0.15, 0.2) is 12.1 Å². The minimum absolute atomic E-state index is 0.00547. The fourth-order valence-corrected chi connectivity index (χ4v) is 2.35. The summed E-state index contributed by atoms with van der Waals surface area (Å²) < 4.78 is 45.0. The average molecular weight is 286 g/mol. The molecule has 1 saturated carbocycles. The second-order valence-corrected chi connectivity index (χ2v) is 5.14.